The topological polar surface area (TPSA) is 99.4 Å². The van der Waals surface area contributed by atoms with E-state index in [1.54, 1.807) is 6.07 Å². The van der Waals surface area contributed by atoms with E-state index >= 15 is 0 Å². The minimum absolute atomic E-state index is 0.0824. The summed E-state index contributed by atoms with van der Waals surface area (Å²) >= 11 is 5.99. The van der Waals surface area contributed by atoms with E-state index in [4.69, 9.17) is 16.0 Å². The van der Waals surface area contributed by atoms with Crippen LogP contribution in [0.1, 0.15) is 12.7 Å². The van der Waals surface area contributed by atoms with Gasteiger partial charge in [-0.15, -0.1) is 0 Å². The Kier molecular flexibility index (Phi) is 4.04. The minimum Gasteiger partial charge on any atom is -0.456 e. The molecule has 0 bridgehead atoms. The summed E-state index contributed by atoms with van der Waals surface area (Å²) in [4.78, 5) is 20.2. The van der Waals surface area contributed by atoms with Crippen molar-refractivity contribution in [2.45, 2.75) is 6.92 Å². The van der Waals surface area contributed by atoms with E-state index < -0.39 is 9.85 Å². The van der Waals surface area contributed by atoms with Crippen molar-refractivity contribution >= 4 is 23.4 Å². The maximum atomic E-state index is 10.8. The normalized spacial score (nSPS) is 11.4. The van der Waals surface area contributed by atoms with Gasteiger partial charge in [0.2, 0.25) is 5.70 Å². The van der Waals surface area contributed by atoms with Gasteiger partial charge in [0.25, 0.3) is 5.69 Å². The number of benzene rings is 1. The molecule has 0 unspecified atom stereocenters. The van der Waals surface area contributed by atoms with Crippen LogP contribution in [0.5, 0.6) is 0 Å². The van der Waals surface area contributed by atoms with Gasteiger partial charge in [0.1, 0.15) is 11.5 Å². The summed E-state index contributed by atoms with van der Waals surface area (Å²) in [6, 6.07) is 7.04. The van der Waals surface area contributed by atoms with E-state index in [0.717, 1.165) is 0 Å². The molecule has 0 radical (unpaired) electrons. The van der Waals surface area contributed by atoms with Crippen molar-refractivity contribution < 1.29 is 14.3 Å². The molecule has 1 aromatic heterocycles. The van der Waals surface area contributed by atoms with Gasteiger partial charge >= 0.3 is 0 Å². The van der Waals surface area contributed by atoms with Crippen LogP contribution in [-0.4, -0.2) is 9.85 Å². The Morgan fingerprint density at radius 3 is 2.57 bits per heavy atom. The Bertz CT molecular complexity index is 751. The fraction of sp³-hybridized carbons (Fsp3) is 0.0769. The molecular formula is C13H9ClN2O5. The molecule has 0 aliphatic heterocycles. The highest BCUT2D eigenvalue weighted by molar-refractivity contribution is 6.33. The molecule has 7 nitrogen and oxygen atoms in total. The summed E-state index contributed by atoms with van der Waals surface area (Å²) in [6.07, 6.45) is 1.26. The third-order valence-corrected chi connectivity index (χ3v) is 3.02. The number of hydrogen-bond acceptors (Lipinski definition) is 5. The molecule has 1 aromatic carbocycles. The first-order valence-electron chi connectivity index (χ1n) is 5.75. The molecule has 0 atom stereocenters. The molecule has 0 fully saturated rings. The van der Waals surface area contributed by atoms with E-state index in [1.807, 2.05) is 0 Å². The van der Waals surface area contributed by atoms with Crippen molar-refractivity contribution in [3.8, 4) is 11.3 Å². The molecule has 0 amide bonds. The van der Waals surface area contributed by atoms with Crippen molar-refractivity contribution in [1.82, 2.24) is 0 Å². The molecule has 0 aliphatic carbocycles. The van der Waals surface area contributed by atoms with Crippen molar-refractivity contribution in [2.75, 3.05) is 0 Å². The largest absolute Gasteiger partial charge is 0.456 e. The Morgan fingerprint density at radius 1 is 1.24 bits per heavy atom. The predicted molar refractivity (Wildman–Crippen MR) is 76.5 cm³/mol. The van der Waals surface area contributed by atoms with Gasteiger partial charge in [-0.2, -0.15) is 0 Å². The van der Waals surface area contributed by atoms with Crippen molar-refractivity contribution in [3.05, 3.63) is 67.0 Å². The van der Waals surface area contributed by atoms with Gasteiger partial charge < -0.3 is 4.42 Å². The van der Waals surface area contributed by atoms with E-state index in [2.05, 4.69) is 0 Å². The Labute approximate surface area is 123 Å². The van der Waals surface area contributed by atoms with Gasteiger partial charge in [-0.25, -0.2) is 0 Å². The van der Waals surface area contributed by atoms with Crippen LogP contribution in [0.15, 0.2) is 40.4 Å². The third-order valence-electron chi connectivity index (χ3n) is 2.69. The molecule has 0 saturated heterocycles. The van der Waals surface area contributed by atoms with Crippen LogP contribution in [0.2, 0.25) is 5.02 Å². The number of furan rings is 1. The van der Waals surface area contributed by atoms with Crippen molar-refractivity contribution in [1.29, 1.82) is 0 Å². The van der Waals surface area contributed by atoms with Crippen molar-refractivity contribution in [2.24, 2.45) is 0 Å². The molecule has 0 aliphatic rings. The van der Waals surface area contributed by atoms with Gasteiger partial charge in [0, 0.05) is 24.6 Å². The highest BCUT2D eigenvalue weighted by Crippen LogP contribution is 2.32. The van der Waals surface area contributed by atoms with Crippen molar-refractivity contribution in [3.63, 3.8) is 0 Å². The first-order chi connectivity index (χ1) is 9.88. The lowest BCUT2D eigenvalue weighted by atomic mass is 10.1. The summed E-state index contributed by atoms with van der Waals surface area (Å²) in [5.74, 6) is 0.563. The number of non-ortho nitro benzene ring substituents is 1. The molecule has 0 saturated carbocycles. The zero-order valence-electron chi connectivity index (χ0n) is 10.8. The highest BCUT2D eigenvalue weighted by atomic mass is 35.5. The first kappa shape index (κ1) is 14.7. The summed E-state index contributed by atoms with van der Waals surface area (Å²) in [5.41, 5.74) is 0.148. The lowest BCUT2D eigenvalue weighted by molar-refractivity contribution is -0.422. The van der Waals surface area contributed by atoms with E-state index in [9.17, 15) is 20.2 Å². The lowest BCUT2D eigenvalue weighted by Crippen LogP contribution is -1.92. The summed E-state index contributed by atoms with van der Waals surface area (Å²) < 4.78 is 5.42. The van der Waals surface area contributed by atoms with E-state index in [1.165, 1.54) is 37.3 Å². The van der Waals surface area contributed by atoms with Gasteiger partial charge in [0.15, 0.2) is 0 Å². The molecule has 108 valence electrons. The van der Waals surface area contributed by atoms with Gasteiger partial charge in [-0.1, -0.05) is 11.6 Å². The van der Waals surface area contributed by atoms with E-state index in [0.29, 0.717) is 11.3 Å². The molecule has 2 rings (SSSR count). The quantitative estimate of drug-likeness (QED) is 0.624. The zero-order chi connectivity index (χ0) is 15.6. The number of hydrogen-bond donors (Lipinski definition) is 0. The number of nitrogens with zero attached hydrogens (tertiary/aromatic N) is 2. The molecule has 2 aromatic rings. The number of nitro groups is 2. The lowest BCUT2D eigenvalue weighted by Gasteiger charge is -2.00. The van der Waals surface area contributed by atoms with E-state index in [-0.39, 0.29) is 22.2 Å². The fourth-order valence-corrected chi connectivity index (χ4v) is 1.86. The molecular weight excluding hydrogens is 300 g/mol. The second-order valence-corrected chi connectivity index (χ2v) is 4.57. The maximum Gasteiger partial charge on any atom is 0.270 e. The Morgan fingerprint density at radius 2 is 1.95 bits per heavy atom. The molecule has 0 spiro atoms. The SMILES string of the molecule is C/C(=C\c1ccc(-c2cc([N+](=O)[O-])ccc2Cl)o1)[N+](=O)[O-]. The minimum atomic E-state index is -0.541. The third kappa shape index (κ3) is 3.26. The molecule has 1 heterocycles. The monoisotopic (exact) mass is 308 g/mol. The average molecular weight is 309 g/mol. The Hall–Kier alpha value is -2.67. The average Bonchev–Trinajstić information content (AvgIpc) is 2.87. The zero-order valence-corrected chi connectivity index (χ0v) is 11.5. The van der Waals surface area contributed by atoms with Gasteiger partial charge in [-0.3, -0.25) is 20.2 Å². The highest BCUT2D eigenvalue weighted by Gasteiger charge is 2.14. The Balaban J connectivity index is 2.42. The maximum absolute atomic E-state index is 10.8. The van der Waals surface area contributed by atoms with Crippen LogP contribution in [0.4, 0.5) is 5.69 Å². The standard InChI is InChI=1S/C13H9ClN2O5/c1-8(15(17)18)6-10-3-5-13(21-10)11-7-9(16(19)20)2-4-12(11)14/h2-7H,1H3/b8-6+. The van der Waals surface area contributed by atoms with Crippen LogP contribution in [0.3, 0.4) is 0 Å². The van der Waals surface area contributed by atoms with Gasteiger partial charge in [0.05, 0.1) is 20.9 Å². The second-order valence-electron chi connectivity index (χ2n) is 4.17. The number of halogens is 1. The number of nitro benzene ring substituents is 1. The van der Waals surface area contributed by atoms with Crippen LogP contribution in [0, 0.1) is 20.2 Å². The summed E-state index contributed by atoms with van der Waals surface area (Å²) in [5, 5.41) is 21.6. The summed E-state index contributed by atoms with van der Waals surface area (Å²) in [7, 11) is 0. The smallest absolute Gasteiger partial charge is 0.270 e. The van der Waals surface area contributed by atoms with Gasteiger partial charge in [-0.05, 0) is 18.2 Å². The second kappa shape index (κ2) is 5.76. The first-order valence-corrected chi connectivity index (χ1v) is 6.13. The number of allylic oxidation sites excluding steroid dienone is 1. The molecule has 21 heavy (non-hydrogen) atoms. The summed E-state index contributed by atoms with van der Waals surface area (Å²) in [6.45, 7) is 1.34. The van der Waals surface area contributed by atoms with Crippen LogP contribution >= 0.6 is 11.6 Å². The van der Waals surface area contributed by atoms with Crippen LogP contribution < -0.4 is 0 Å². The van der Waals surface area contributed by atoms with Crippen LogP contribution in [0.25, 0.3) is 17.4 Å². The van der Waals surface area contributed by atoms with Crippen LogP contribution in [-0.2, 0) is 0 Å². The molecule has 0 N–H and O–H groups in total. The predicted octanol–water partition coefficient (Wildman–Crippen LogP) is 4.15. The number of rotatable bonds is 4. The fourth-order valence-electron chi connectivity index (χ4n) is 1.65. The molecule has 8 heteroatoms.